The summed E-state index contributed by atoms with van der Waals surface area (Å²) < 4.78 is 5.33. The number of hydrogen-bond donors (Lipinski definition) is 2. The Balaban J connectivity index is 1.71. The Labute approximate surface area is 163 Å². The topological polar surface area (TPSA) is 63.2 Å². The molecule has 0 saturated heterocycles. The van der Waals surface area contributed by atoms with Crippen molar-refractivity contribution < 1.29 is 9.53 Å². The normalized spacial score (nSPS) is 10.3. The van der Waals surface area contributed by atoms with Gasteiger partial charge in [0.15, 0.2) is 0 Å². The van der Waals surface area contributed by atoms with Gasteiger partial charge in [-0.3, -0.25) is 9.78 Å². The molecule has 138 valence electrons. The predicted octanol–water partition coefficient (Wildman–Crippen LogP) is 4.73. The van der Waals surface area contributed by atoms with Crippen molar-refractivity contribution >= 4 is 28.9 Å². The first-order chi connectivity index (χ1) is 13.0. The van der Waals surface area contributed by atoms with Crippen molar-refractivity contribution in [1.82, 2.24) is 10.3 Å². The Hall–Kier alpha value is -3.05. The van der Waals surface area contributed by atoms with Crippen molar-refractivity contribution in [2.75, 3.05) is 12.4 Å². The van der Waals surface area contributed by atoms with Gasteiger partial charge in [-0.15, -0.1) is 0 Å². The number of nitrogens with one attached hydrogen (secondary N) is 2. The minimum absolute atomic E-state index is 0.189. The SMILES string of the molecule is COc1ccc(Cl)cc1Nc1cncc(C(=O)NCc2cccc(C)c2)c1. The summed E-state index contributed by atoms with van der Waals surface area (Å²) in [5.41, 5.74) is 4.04. The number of carbonyl (C=O) groups excluding carboxylic acids is 1. The first kappa shape index (κ1) is 18.7. The molecule has 5 nitrogen and oxygen atoms in total. The molecule has 0 fully saturated rings. The molecule has 6 heteroatoms. The summed E-state index contributed by atoms with van der Waals surface area (Å²) in [6.07, 6.45) is 3.17. The fourth-order valence-corrected chi connectivity index (χ4v) is 2.84. The van der Waals surface area contributed by atoms with Crippen LogP contribution in [0, 0.1) is 6.92 Å². The summed E-state index contributed by atoms with van der Waals surface area (Å²) in [6.45, 7) is 2.48. The highest BCUT2D eigenvalue weighted by molar-refractivity contribution is 6.31. The van der Waals surface area contributed by atoms with E-state index in [0.717, 1.165) is 11.1 Å². The van der Waals surface area contributed by atoms with Gasteiger partial charge in [-0.2, -0.15) is 0 Å². The maximum absolute atomic E-state index is 12.5. The van der Waals surface area contributed by atoms with Crippen molar-refractivity contribution in [2.24, 2.45) is 0 Å². The van der Waals surface area contributed by atoms with Gasteiger partial charge in [-0.1, -0.05) is 41.4 Å². The molecule has 3 rings (SSSR count). The minimum Gasteiger partial charge on any atom is -0.495 e. The number of ether oxygens (including phenoxy) is 1. The van der Waals surface area contributed by atoms with Crippen LogP contribution in [-0.2, 0) is 6.54 Å². The van der Waals surface area contributed by atoms with Gasteiger partial charge in [-0.25, -0.2) is 0 Å². The molecule has 2 aromatic carbocycles. The number of benzene rings is 2. The van der Waals surface area contributed by atoms with E-state index in [4.69, 9.17) is 16.3 Å². The lowest BCUT2D eigenvalue weighted by atomic mass is 10.1. The number of carbonyl (C=O) groups is 1. The van der Waals surface area contributed by atoms with Crippen LogP contribution in [0.25, 0.3) is 0 Å². The molecule has 0 bridgehead atoms. The number of aryl methyl sites for hydroxylation is 1. The second kappa shape index (κ2) is 8.56. The monoisotopic (exact) mass is 381 g/mol. The molecule has 1 aromatic heterocycles. The number of nitrogens with zero attached hydrogens (tertiary/aromatic N) is 1. The van der Waals surface area contributed by atoms with E-state index in [1.54, 1.807) is 37.6 Å². The molecule has 3 aromatic rings. The summed E-state index contributed by atoms with van der Waals surface area (Å²) in [4.78, 5) is 16.6. The van der Waals surface area contributed by atoms with Gasteiger partial charge in [0.25, 0.3) is 5.91 Å². The van der Waals surface area contributed by atoms with Crippen LogP contribution in [-0.4, -0.2) is 18.0 Å². The van der Waals surface area contributed by atoms with E-state index in [1.807, 2.05) is 31.2 Å². The zero-order valence-corrected chi connectivity index (χ0v) is 15.9. The van der Waals surface area contributed by atoms with E-state index in [0.29, 0.717) is 34.3 Å². The first-order valence-electron chi connectivity index (χ1n) is 8.44. The third kappa shape index (κ3) is 4.99. The molecule has 0 aliphatic heterocycles. The van der Waals surface area contributed by atoms with Crippen LogP contribution >= 0.6 is 11.6 Å². The molecule has 0 aliphatic carbocycles. The van der Waals surface area contributed by atoms with Crippen LogP contribution in [0.2, 0.25) is 5.02 Å². The van der Waals surface area contributed by atoms with Gasteiger partial charge in [-0.05, 0) is 36.8 Å². The van der Waals surface area contributed by atoms with Gasteiger partial charge < -0.3 is 15.4 Å². The molecule has 0 atom stereocenters. The van der Waals surface area contributed by atoms with Gasteiger partial charge in [0.05, 0.1) is 30.2 Å². The van der Waals surface area contributed by atoms with Crippen molar-refractivity contribution in [3.63, 3.8) is 0 Å². The summed E-state index contributed by atoms with van der Waals surface area (Å²) in [7, 11) is 1.59. The number of methoxy groups -OCH3 is 1. The quantitative estimate of drug-likeness (QED) is 0.648. The average Bonchev–Trinajstić information content (AvgIpc) is 2.66. The van der Waals surface area contributed by atoms with Crippen molar-refractivity contribution in [2.45, 2.75) is 13.5 Å². The molecule has 0 saturated carbocycles. The fourth-order valence-electron chi connectivity index (χ4n) is 2.67. The highest BCUT2D eigenvalue weighted by atomic mass is 35.5. The lowest BCUT2D eigenvalue weighted by Gasteiger charge is -2.12. The second-order valence-corrected chi connectivity index (χ2v) is 6.54. The number of halogens is 1. The highest BCUT2D eigenvalue weighted by Crippen LogP contribution is 2.30. The van der Waals surface area contributed by atoms with Gasteiger partial charge in [0.1, 0.15) is 5.75 Å². The Morgan fingerprint density at radius 3 is 2.78 bits per heavy atom. The summed E-state index contributed by atoms with van der Waals surface area (Å²) >= 11 is 6.06. The van der Waals surface area contributed by atoms with Gasteiger partial charge >= 0.3 is 0 Å². The maximum atomic E-state index is 12.5. The number of aromatic nitrogens is 1. The molecule has 0 spiro atoms. The van der Waals surface area contributed by atoms with E-state index in [9.17, 15) is 4.79 Å². The Morgan fingerprint density at radius 2 is 2.00 bits per heavy atom. The summed E-state index contributed by atoms with van der Waals surface area (Å²) in [5.74, 6) is 0.458. The third-order valence-electron chi connectivity index (χ3n) is 3.98. The zero-order valence-electron chi connectivity index (χ0n) is 15.1. The van der Waals surface area contributed by atoms with E-state index >= 15 is 0 Å². The summed E-state index contributed by atoms with van der Waals surface area (Å²) in [6, 6.07) is 15.0. The van der Waals surface area contributed by atoms with Crippen LogP contribution in [0.3, 0.4) is 0 Å². The third-order valence-corrected chi connectivity index (χ3v) is 4.21. The van der Waals surface area contributed by atoms with Gasteiger partial charge in [0.2, 0.25) is 0 Å². The van der Waals surface area contributed by atoms with E-state index < -0.39 is 0 Å². The Bertz CT molecular complexity index is 960. The molecule has 1 amide bonds. The van der Waals surface area contributed by atoms with E-state index in [2.05, 4.69) is 15.6 Å². The standard InChI is InChI=1S/C21H20ClN3O2/c1-14-4-3-5-15(8-14)11-24-21(26)16-9-18(13-23-12-16)25-19-10-17(22)6-7-20(19)27-2/h3-10,12-13,25H,11H2,1-2H3,(H,24,26). The lowest BCUT2D eigenvalue weighted by molar-refractivity contribution is 0.0950. The second-order valence-electron chi connectivity index (χ2n) is 6.10. The van der Waals surface area contributed by atoms with Crippen molar-refractivity contribution in [3.8, 4) is 5.75 Å². The maximum Gasteiger partial charge on any atom is 0.253 e. The average molecular weight is 382 g/mol. The molecular formula is C21H20ClN3O2. The first-order valence-corrected chi connectivity index (χ1v) is 8.82. The van der Waals surface area contributed by atoms with Crippen LogP contribution in [0.1, 0.15) is 21.5 Å². The molecule has 27 heavy (non-hydrogen) atoms. The van der Waals surface area contributed by atoms with Crippen LogP contribution in [0.4, 0.5) is 11.4 Å². The Morgan fingerprint density at radius 1 is 1.15 bits per heavy atom. The number of rotatable bonds is 6. The minimum atomic E-state index is -0.189. The zero-order chi connectivity index (χ0) is 19.2. The van der Waals surface area contributed by atoms with Crippen LogP contribution in [0.15, 0.2) is 60.9 Å². The fraction of sp³-hybridized carbons (Fsp3) is 0.143. The number of anilines is 2. The molecule has 0 unspecified atom stereocenters. The van der Waals surface area contributed by atoms with Gasteiger partial charge in [0, 0.05) is 17.8 Å². The van der Waals surface area contributed by atoms with Crippen molar-refractivity contribution in [1.29, 1.82) is 0 Å². The Kier molecular flexibility index (Phi) is 5.94. The molecule has 2 N–H and O–H groups in total. The smallest absolute Gasteiger partial charge is 0.253 e. The number of amides is 1. The number of pyridine rings is 1. The molecular weight excluding hydrogens is 362 g/mol. The lowest BCUT2D eigenvalue weighted by Crippen LogP contribution is -2.23. The predicted molar refractivity (Wildman–Crippen MR) is 108 cm³/mol. The largest absolute Gasteiger partial charge is 0.495 e. The molecule has 0 radical (unpaired) electrons. The molecule has 0 aliphatic rings. The van der Waals surface area contributed by atoms with E-state index in [-0.39, 0.29) is 5.91 Å². The van der Waals surface area contributed by atoms with Crippen molar-refractivity contribution in [3.05, 3.63) is 82.6 Å². The van der Waals surface area contributed by atoms with Crippen LogP contribution in [0.5, 0.6) is 5.75 Å². The van der Waals surface area contributed by atoms with Crippen LogP contribution < -0.4 is 15.4 Å². The molecule has 1 heterocycles. The number of hydrogen-bond acceptors (Lipinski definition) is 4. The highest BCUT2D eigenvalue weighted by Gasteiger charge is 2.09. The van der Waals surface area contributed by atoms with E-state index in [1.165, 1.54) is 6.20 Å². The summed E-state index contributed by atoms with van der Waals surface area (Å²) in [5, 5.41) is 6.68.